The fourth-order valence-corrected chi connectivity index (χ4v) is 0.453. The minimum atomic E-state index is 0.822. The molecule has 0 spiro atoms. The summed E-state index contributed by atoms with van der Waals surface area (Å²) in [7, 11) is 6.00. The van der Waals surface area contributed by atoms with Crippen LogP contribution in [0.4, 0.5) is 5.69 Å². The van der Waals surface area contributed by atoms with E-state index in [1.54, 1.807) is 0 Å². The molecule has 0 saturated carbocycles. The van der Waals surface area contributed by atoms with Gasteiger partial charge < -0.3 is 5.73 Å². The molecule has 1 aromatic rings. The number of para-hydroxylation sites is 1. The Kier molecular flexibility index (Phi) is 5.99. The van der Waals surface area contributed by atoms with Crippen molar-refractivity contribution in [2.45, 2.75) is 0 Å². The van der Waals surface area contributed by atoms with Crippen molar-refractivity contribution < 1.29 is 0 Å². The van der Waals surface area contributed by atoms with E-state index in [9.17, 15) is 0 Å². The number of nitrogens with two attached hydrogens (primary N) is 1. The van der Waals surface area contributed by atoms with Gasteiger partial charge in [0.15, 0.2) is 0 Å². The van der Waals surface area contributed by atoms with Gasteiger partial charge in [-0.25, -0.2) is 5.11 Å². The first-order valence-electron chi connectivity index (χ1n) is 3.10. The largest absolute Gasteiger partial charge is 0.399 e. The smallest absolute Gasteiger partial charge is 0.292 e. The molecule has 0 aromatic heterocycles. The monoisotopic (exact) mass is 147 g/mol. The van der Waals surface area contributed by atoms with Gasteiger partial charge in [-0.05, 0) is 12.1 Å². The third-order valence-electron chi connectivity index (χ3n) is 0.915. The van der Waals surface area contributed by atoms with Gasteiger partial charge in [0.05, 0.1) is 0 Å². The Morgan fingerprint density at radius 3 is 1.91 bits per heavy atom. The molecular formula is C7H10BN3. The van der Waals surface area contributed by atoms with Crippen LogP contribution in [0.25, 0.3) is 0 Å². The molecule has 1 rings (SSSR count). The first-order chi connectivity index (χ1) is 5.31. The quantitative estimate of drug-likeness (QED) is 0.336. The van der Waals surface area contributed by atoms with Crippen LogP contribution in [-0.2, 0) is 0 Å². The van der Waals surface area contributed by atoms with Gasteiger partial charge in [-0.3, -0.25) is 5.03 Å². The molecule has 2 N–H and O–H groups in total. The van der Waals surface area contributed by atoms with E-state index in [4.69, 9.17) is 5.73 Å². The number of anilines is 1. The summed E-state index contributed by atoms with van der Waals surface area (Å²) < 4.78 is 0. The average molecular weight is 147 g/mol. The third kappa shape index (κ3) is 6.57. The van der Waals surface area contributed by atoms with E-state index < -0.39 is 0 Å². The maximum absolute atomic E-state index is 5.36. The predicted octanol–water partition coefficient (Wildman–Crippen LogP) is 1.42. The van der Waals surface area contributed by atoms with Gasteiger partial charge in [-0.2, -0.15) is 0 Å². The Hall–Kier alpha value is -1.32. The van der Waals surface area contributed by atoms with Crippen molar-refractivity contribution in [3.05, 3.63) is 30.3 Å². The number of nitrogen functional groups attached to an aromatic ring is 1. The van der Waals surface area contributed by atoms with Crippen LogP contribution >= 0.6 is 0 Å². The van der Waals surface area contributed by atoms with Gasteiger partial charge in [-0.1, -0.05) is 18.2 Å². The Morgan fingerprint density at radius 2 is 1.73 bits per heavy atom. The molecule has 0 atom stereocenters. The Bertz CT molecular complexity index is 194. The molecule has 0 amide bonds. The molecule has 0 fully saturated rings. The summed E-state index contributed by atoms with van der Waals surface area (Å²) in [6.07, 6.45) is 0. The summed E-state index contributed by atoms with van der Waals surface area (Å²) in [5, 5.41) is 6.00. The highest BCUT2D eigenvalue weighted by Crippen LogP contribution is 1.95. The second-order valence-electron chi connectivity index (χ2n) is 1.73. The van der Waals surface area contributed by atoms with Gasteiger partial charge in [0.2, 0.25) is 0 Å². The lowest BCUT2D eigenvalue weighted by Crippen LogP contribution is -1.79. The molecule has 0 saturated heterocycles. The van der Waals surface area contributed by atoms with E-state index in [0.29, 0.717) is 0 Å². The third-order valence-corrected chi connectivity index (χ3v) is 0.915. The van der Waals surface area contributed by atoms with Gasteiger partial charge in [-0.15, -0.1) is 0 Å². The van der Waals surface area contributed by atoms with Crippen molar-refractivity contribution >= 4 is 13.7 Å². The van der Waals surface area contributed by atoms with Crippen LogP contribution in [0.3, 0.4) is 0 Å². The summed E-state index contributed by atoms with van der Waals surface area (Å²) in [4.78, 5) is 0. The molecule has 0 heterocycles. The summed E-state index contributed by atoms with van der Waals surface area (Å²) >= 11 is 0. The number of nitrogens with zero attached hydrogens (tertiary/aromatic N) is 2. The van der Waals surface area contributed by atoms with Crippen LogP contribution in [0.15, 0.2) is 40.5 Å². The van der Waals surface area contributed by atoms with Crippen LogP contribution in [-0.4, -0.2) is 15.0 Å². The minimum Gasteiger partial charge on any atom is -0.399 e. The van der Waals surface area contributed by atoms with Gasteiger partial charge in [0.1, 0.15) is 0 Å². The van der Waals surface area contributed by atoms with Crippen molar-refractivity contribution in [3.63, 3.8) is 0 Å². The molecule has 3 nitrogen and oxygen atoms in total. The highest BCUT2D eigenvalue weighted by atomic mass is 15.0. The average Bonchev–Trinajstić information content (AvgIpc) is 2.07. The van der Waals surface area contributed by atoms with E-state index >= 15 is 0 Å². The molecule has 0 aliphatic rings. The number of hydrogen-bond donors (Lipinski definition) is 1. The first kappa shape index (κ1) is 9.68. The zero-order valence-corrected chi connectivity index (χ0v) is 6.44. The molecule has 1 aromatic carbocycles. The number of hydrogen-bond acceptors (Lipinski definition) is 3. The van der Waals surface area contributed by atoms with Crippen LogP contribution in [0.1, 0.15) is 0 Å². The molecular weight excluding hydrogens is 137 g/mol. The van der Waals surface area contributed by atoms with Crippen LogP contribution in [0, 0.1) is 0 Å². The lowest BCUT2D eigenvalue weighted by Gasteiger charge is -1.83. The Balaban J connectivity index is 0.000000218. The molecule has 2 radical (unpaired) electrons. The second-order valence-corrected chi connectivity index (χ2v) is 1.73. The van der Waals surface area contributed by atoms with E-state index in [2.05, 4.69) is 18.1 Å². The Labute approximate surface area is 67.8 Å². The lowest BCUT2D eigenvalue weighted by atomic mass is 10.3. The molecule has 11 heavy (non-hydrogen) atoms. The number of benzene rings is 1. The van der Waals surface area contributed by atoms with Crippen molar-refractivity contribution in [2.75, 3.05) is 12.8 Å². The van der Waals surface area contributed by atoms with Gasteiger partial charge in [0.25, 0.3) is 7.98 Å². The fraction of sp³-hybridized carbons (Fsp3) is 0.143. The zero-order chi connectivity index (χ0) is 8.53. The van der Waals surface area contributed by atoms with E-state index in [-0.39, 0.29) is 0 Å². The molecule has 0 bridgehead atoms. The predicted molar refractivity (Wildman–Crippen MR) is 47.4 cm³/mol. The van der Waals surface area contributed by atoms with E-state index in [0.717, 1.165) is 5.69 Å². The standard InChI is InChI=1S/C6H7N.CH3BN2/c7-6-4-2-1-3-5-6;1-3-4-2/h1-5H,7H2;1H3. The van der Waals surface area contributed by atoms with Crippen molar-refractivity contribution in [1.29, 1.82) is 0 Å². The first-order valence-corrected chi connectivity index (χ1v) is 3.10. The normalized spacial score (nSPS) is 8.82. The van der Waals surface area contributed by atoms with E-state index in [1.165, 1.54) is 7.05 Å². The molecule has 4 heteroatoms. The van der Waals surface area contributed by atoms with Crippen molar-refractivity contribution in [3.8, 4) is 0 Å². The lowest BCUT2D eigenvalue weighted by molar-refractivity contribution is 1.25. The topological polar surface area (TPSA) is 50.7 Å². The van der Waals surface area contributed by atoms with Crippen LogP contribution in [0.5, 0.6) is 0 Å². The maximum Gasteiger partial charge on any atom is 0.292 e. The molecule has 0 unspecified atom stereocenters. The molecule has 0 aliphatic carbocycles. The van der Waals surface area contributed by atoms with Gasteiger partial charge >= 0.3 is 0 Å². The summed E-state index contributed by atoms with van der Waals surface area (Å²) in [5.74, 6) is 0. The highest BCUT2D eigenvalue weighted by molar-refractivity contribution is 6.04. The zero-order valence-electron chi connectivity index (χ0n) is 6.44. The SMILES string of the molecule is Nc1ccccc1.[B]N=NC. The maximum atomic E-state index is 5.36. The highest BCUT2D eigenvalue weighted by Gasteiger charge is 1.72. The Morgan fingerprint density at radius 1 is 1.27 bits per heavy atom. The van der Waals surface area contributed by atoms with E-state index in [1.807, 2.05) is 30.3 Å². The van der Waals surface area contributed by atoms with Gasteiger partial charge in [0, 0.05) is 12.7 Å². The summed E-state index contributed by atoms with van der Waals surface area (Å²) in [6.45, 7) is 0. The van der Waals surface area contributed by atoms with Crippen molar-refractivity contribution in [2.24, 2.45) is 10.1 Å². The molecule has 56 valence electrons. The fourth-order valence-electron chi connectivity index (χ4n) is 0.453. The summed E-state index contributed by atoms with van der Waals surface area (Å²) in [6, 6.07) is 9.49. The van der Waals surface area contributed by atoms with Crippen molar-refractivity contribution in [1.82, 2.24) is 0 Å². The number of rotatable bonds is 0. The molecule has 0 aliphatic heterocycles. The minimum absolute atomic E-state index is 0.822. The second kappa shape index (κ2) is 6.80. The summed E-state index contributed by atoms with van der Waals surface area (Å²) in [5.41, 5.74) is 6.18. The van der Waals surface area contributed by atoms with Crippen LogP contribution in [0.2, 0.25) is 0 Å². The van der Waals surface area contributed by atoms with Crippen LogP contribution < -0.4 is 5.73 Å².